The topological polar surface area (TPSA) is 317 Å². The minimum atomic E-state index is -1.65. The molecule has 2 heterocycles. The molecule has 0 radical (unpaired) electrons. The van der Waals surface area contributed by atoms with Crippen LogP contribution in [0.2, 0.25) is 0 Å². The second-order valence-corrected chi connectivity index (χ2v) is 8.74. The summed E-state index contributed by atoms with van der Waals surface area (Å²) in [5.41, 5.74) is 0. The molecule has 232 valence electrons. The molecule has 18 heteroatoms. The van der Waals surface area contributed by atoms with E-state index in [-0.39, 0.29) is 6.29 Å². The summed E-state index contributed by atoms with van der Waals surface area (Å²) < 4.78 is 14.5. The molecule has 18 nitrogen and oxygen atoms in total. The van der Waals surface area contributed by atoms with E-state index in [1.165, 1.54) is 21.0 Å². The van der Waals surface area contributed by atoms with Crippen molar-refractivity contribution in [3.8, 4) is 0 Å². The number of amides is 1. The van der Waals surface area contributed by atoms with Gasteiger partial charge in [-0.05, 0) is 6.92 Å². The lowest BCUT2D eigenvalue weighted by atomic mass is 9.97. The molecule has 2 aliphatic heterocycles. The Kier molecular flexibility index (Phi) is 17.4. The van der Waals surface area contributed by atoms with Gasteiger partial charge in [-0.2, -0.15) is 0 Å². The summed E-state index contributed by atoms with van der Waals surface area (Å²) in [6, 6.07) is -1.10. The Hall–Kier alpha value is -1.46. The second kappa shape index (κ2) is 18.1. The lowest BCUT2D eigenvalue weighted by molar-refractivity contribution is -0.294. The highest BCUT2D eigenvalue weighted by molar-refractivity contribution is 5.73. The smallest absolute Gasteiger partial charge is 0.217 e. The molecule has 0 spiro atoms. The van der Waals surface area contributed by atoms with Gasteiger partial charge in [-0.1, -0.05) is 0 Å². The molecular weight excluding hydrogens is 538 g/mol. The number of aliphatic hydroxyl groups is 12. The molecule has 0 aliphatic carbocycles. The van der Waals surface area contributed by atoms with Crippen LogP contribution in [0.15, 0.2) is 0 Å². The molecule has 0 aromatic rings. The van der Waals surface area contributed by atoms with Crippen LogP contribution < -0.4 is 5.32 Å². The van der Waals surface area contributed by atoms with Gasteiger partial charge in [0.05, 0.1) is 19.3 Å². The average Bonchev–Trinajstić information content (AvgIpc) is 2.91. The minimum absolute atomic E-state index is 0.0935. The number of rotatable bonds is 8. The summed E-state index contributed by atoms with van der Waals surface area (Å²) >= 11 is 0. The van der Waals surface area contributed by atoms with Gasteiger partial charge in [0.25, 0.3) is 0 Å². The van der Waals surface area contributed by atoms with Gasteiger partial charge in [-0.3, -0.25) is 4.79 Å². The van der Waals surface area contributed by atoms with E-state index in [1.54, 1.807) is 0 Å². The lowest BCUT2D eigenvalue weighted by Gasteiger charge is -2.40. The molecule has 2 saturated heterocycles. The Morgan fingerprint density at radius 1 is 0.846 bits per heavy atom. The summed E-state index contributed by atoms with van der Waals surface area (Å²) in [7, 11) is 1.30. The van der Waals surface area contributed by atoms with Gasteiger partial charge in [-0.15, -0.1) is 0 Å². The summed E-state index contributed by atoms with van der Waals surface area (Å²) in [6.45, 7) is 1.49. The fraction of sp³-hybridized carbons (Fsp3) is 0.905. The van der Waals surface area contributed by atoms with Crippen LogP contribution in [0.4, 0.5) is 0 Å². The molecule has 2 rings (SSSR count). The van der Waals surface area contributed by atoms with Gasteiger partial charge in [0.15, 0.2) is 18.9 Å². The van der Waals surface area contributed by atoms with Crippen molar-refractivity contribution in [3.05, 3.63) is 0 Å². The summed E-state index contributed by atoms with van der Waals surface area (Å²) in [5, 5.41) is 111. The van der Waals surface area contributed by atoms with E-state index in [0.717, 1.165) is 0 Å². The number of nitrogens with one attached hydrogen (secondary N) is 1. The maximum atomic E-state index is 10.7. The van der Waals surface area contributed by atoms with E-state index in [0.29, 0.717) is 0 Å². The maximum Gasteiger partial charge on any atom is 0.217 e. The van der Waals surface area contributed by atoms with Crippen molar-refractivity contribution in [2.75, 3.05) is 20.3 Å². The van der Waals surface area contributed by atoms with E-state index in [2.05, 4.69) is 5.32 Å². The summed E-state index contributed by atoms with van der Waals surface area (Å²) in [4.78, 5) is 20.6. The van der Waals surface area contributed by atoms with Crippen LogP contribution in [0.5, 0.6) is 0 Å². The van der Waals surface area contributed by atoms with E-state index in [4.69, 9.17) is 44.8 Å². The number of hydrogen-bond acceptors (Lipinski definition) is 17. The third kappa shape index (κ3) is 11.1. The number of ether oxygens (including phenoxy) is 3. The molecule has 2 aliphatic rings. The van der Waals surface area contributed by atoms with Crippen molar-refractivity contribution in [2.24, 2.45) is 0 Å². The van der Waals surface area contributed by atoms with Gasteiger partial charge in [0.1, 0.15) is 67.1 Å². The highest BCUT2D eigenvalue weighted by Crippen LogP contribution is 2.21. The Balaban J connectivity index is 0.000000563. The van der Waals surface area contributed by atoms with Crippen LogP contribution in [0.1, 0.15) is 13.8 Å². The first-order valence-corrected chi connectivity index (χ1v) is 11.7. The van der Waals surface area contributed by atoms with Crippen LogP contribution in [-0.2, 0) is 23.8 Å². The SMILES string of the molecule is CC(=O)N[C@H]1C(O)O[C@H](CO)[C@@H](O)[C@@H]1O.CC(O)C(O)C(O)C(O)C=O.COC1O[C@H](CO)[C@H](O)[C@H](O)[C@H]1O. The summed E-state index contributed by atoms with van der Waals surface area (Å²) in [6.07, 6.45) is -17.0. The van der Waals surface area contributed by atoms with Crippen molar-refractivity contribution in [1.29, 1.82) is 0 Å². The van der Waals surface area contributed by atoms with E-state index in [1.807, 2.05) is 0 Å². The highest BCUT2D eigenvalue weighted by Gasteiger charge is 2.44. The molecular formula is C21H41NO17. The Labute approximate surface area is 223 Å². The van der Waals surface area contributed by atoms with E-state index < -0.39 is 105 Å². The molecule has 13 N–H and O–H groups in total. The monoisotopic (exact) mass is 579 g/mol. The minimum Gasteiger partial charge on any atom is -0.394 e. The van der Waals surface area contributed by atoms with E-state index >= 15 is 0 Å². The van der Waals surface area contributed by atoms with Crippen LogP contribution in [-0.4, -0.2) is 180 Å². The lowest BCUT2D eigenvalue weighted by Crippen LogP contribution is -2.63. The molecule has 0 saturated carbocycles. The van der Waals surface area contributed by atoms with Crippen LogP contribution in [0.3, 0.4) is 0 Å². The zero-order valence-corrected chi connectivity index (χ0v) is 21.5. The Morgan fingerprint density at radius 3 is 1.74 bits per heavy atom. The molecule has 0 aromatic carbocycles. The highest BCUT2D eigenvalue weighted by atomic mass is 16.7. The number of aldehydes is 1. The standard InChI is InChI=1S/C8H15NO6.C7H14O6.C6H12O5/c1-3(11)9-5-7(13)6(12)4(2-10)15-8(5)14;1-12-7-6(11)5(10)4(9)3(2-8)13-7;1-3(8)5(10)6(11)4(9)2-7/h4-8,10,12-14H,2H2,1H3,(H,9,11);3-11H,2H2,1H3;2-6,8-11H,1H3/t4-,5-,6-,7-,8?;3-,4+,5+,6-,7?;/m11./s1. The predicted molar refractivity (Wildman–Crippen MR) is 124 cm³/mol. The Bertz CT molecular complexity index is 681. The number of carbonyl (C=O) groups is 2. The molecule has 6 unspecified atom stereocenters. The third-order valence-electron chi connectivity index (χ3n) is 5.68. The van der Waals surface area contributed by atoms with Crippen molar-refractivity contribution in [2.45, 2.75) is 99.6 Å². The zero-order chi connectivity index (χ0) is 30.6. The van der Waals surface area contributed by atoms with E-state index in [9.17, 15) is 40.2 Å². The second-order valence-electron chi connectivity index (χ2n) is 8.74. The Morgan fingerprint density at radius 2 is 1.33 bits per heavy atom. The fourth-order valence-corrected chi connectivity index (χ4v) is 3.32. The van der Waals surface area contributed by atoms with Crippen LogP contribution >= 0.6 is 0 Å². The van der Waals surface area contributed by atoms with Crippen LogP contribution in [0.25, 0.3) is 0 Å². The molecule has 39 heavy (non-hydrogen) atoms. The van der Waals surface area contributed by atoms with Gasteiger partial charge in [0.2, 0.25) is 5.91 Å². The first kappa shape index (κ1) is 37.5. The van der Waals surface area contributed by atoms with Gasteiger partial charge in [0, 0.05) is 14.0 Å². The largest absolute Gasteiger partial charge is 0.394 e. The van der Waals surface area contributed by atoms with Crippen molar-refractivity contribution < 1.29 is 85.1 Å². The molecule has 2 fully saturated rings. The number of carbonyl (C=O) groups excluding carboxylic acids is 2. The quantitative estimate of drug-likeness (QED) is 0.119. The van der Waals surface area contributed by atoms with Gasteiger partial charge < -0.3 is 85.6 Å². The first-order chi connectivity index (χ1) is 18.1. The fourth-order valence-electron chi connectivity index (χ4n) is 3.32. The van der Waals surface area contributed by atoms with Crippen LogP contribution in [0, 0.1) is 0 Å². The van der Waals surface area contributed by atoms with Crippen molar-refractivity contribution >= 4 is 12.2 Å². The maximum absolute atomic E-state index is 10.7. The van der Waals surface area contributed by atoms with Crippen molar-refractivity contribution in [3.63, 3.8) is 0 Å². The molecule has 0 aromatic heterocycles. The van der Waals surface area contributed by atoms with Gasteiger partial charge in [-0.25, -0.2) is 0 Å². The molecule has 14 atom stereocenters. The van der Waals surface area contributed by atoms with Crippen molar-refractivity contribution in [1.82, 2.24) is 5.32 Å². The number of methoxy groups -OCH3 is 1. The predicted octanol–water partition coefficient (Wildman–Crippen LogP) is -8.00. The number of hydrogen-bond donors (Lipinski definition) is 13. The first-order valence-electron chi connectivity index (χ1n) is 11.7. The van der Waals surface area contributed by atoms with Gasteiger partial charge >= 0.3 is 0 Å². The third-order valence-corrected chi connectivity index (χ3v) is 5.68. The molecule has 1 amide bonds. The number of aliphatic hydroxyl groups excluding tert-OH is 12. The zero-order valence-electron chi connectivity index (χ0n) is 21.5. The average molecular weight is 580 g/mol. The normalized spacial score (nSPS) is 37.5. The summed E-state index contributed by atoms with van der Waals surface area (Å²) in [5.74, 6) is -0.462. The molecule has 0 bridgehead atoms.